The summed E-state index contributed by atoms with van der Waals surface area (Å²) in [5.41, 5.74) is 1.60. The molecule has 1 N–H and O–H groups in total. The zero-order valence-corrected chi connectivity index (χ0v) is 12.7. The van der Waals surface area contributed by atoms with Gasteiger partial charge in [0.25, 0.3) is 0 Å². The van der Waals surface area contributed by atoms with E-state index < -0.39 is 17.7 Å². The highest BCUT2D eigenvalue weighted by Gasteiger charge is 2.18. The molecule has 0 saturated carbocycles. The van der Waals surface area contributed by atoms with Crippen molar-refractivity contribution >= 4 is 11.6 Å². The molecule has 3 nitrogen and oxygen atoms in total. The Labute approximate surface area is 127 Å². The van der Waals surface area contributed by atoms with Gasteiger partial charge in [0.1, 0.15) is 0 Å². The molecule has 0 aliphatic carbocycles. The second-order valence-electron chi connectivity index (χ2n) is 4.96. The van der Waals surface area contributed by atoms with Crippen LogP contribution in [0.15, 0.2) is 18.2 Å². The number of benzene rings is 1. The first-order chi connectivity index (χ1) is 9.93. The van der Waals surface area contributed by atoms with E-state index in [1.54, 1.807) is 11.7 Å². The molecule has 1 aromatic heterocycles. The highest BCUT2D eigenvalue weighted by Crippen LogP contribution is 2.23. The minimum Gasteiger partial charge on any atom is -0.392 e. The van der Waals surface area contributed by atoms with Gasteiger partial charge >= 0.3 is 0 Å². The van der Waals surface area contributed by atoms with Crippen LogP contribution in [0.4, 0.5) is 8.78 Å². The highest BCUT2D eigenvalue weighted by atomic mass is 35.5. The molecule has 0 fully saturated rings. The molecule has 0 spiro atoms. The number of aryl methyl sites for hydroxylation is 2. The summed E-state index contributed by atoms with van der Waals surface area (Å²) in [6, 6.07) is 3.94. The summed E-state index contributed by atoms with van der Waals surface area (Å²) in [7, 11) is 1.75. The van der Waals surface area contributed by atoms with Crippen molar-refractivity contribution in [2.45, 2.75) is 32.3 Å². The lowest BCUT2D eigenvalue weighted by Gasteiger charge is -2.12. The molecule has 0 bridgehead atoms. The van der Waals surface area contributed by atoms with Gasteiger partial charge in [-0.2, -0.15) is 5.10 Å². The van der Waals surface area contributed by atoms with E-state index in [0.717, 1.165) is 11.8 Å². The lowest BCUT2D eigenvalue weighted by Crippen LogP contribution is -2.17. The first kappa shape index (κ1) is 15.9. The zero-order valence-electron chi connectivity index (χ0n) is 11.9. The molecule has 1 unspecified atom stereocenters. The maximum absolute atomic E-state index is 13.6. The number of hydrogen-bond donors (Lipinski definition) is 1. The summed E-state index contributed by atoms with van der Waals surface area (Å²) >= 11 is 6.20. The highest BCUT2D eigenvalue weighted by molar-refractivity contribution is 6.31. The fourth-order valence-electron chi connectivity index (χ4n) is 2.30. The predicted octanol–water partition coefficient (Wildman–Crippen LogP) is 3.06. The Kier molecular flexibility index (Phi) is 4.96. The fourth-order valence-corrected chi connectivity index (χ4v) is 2.67. The molecule has 0 aliphatic rings. The van der Waals surface area contributed by atoms with Crippen molar-refractivity contribution in [1.82, 2.24) is 9.78 Å². The number of halogens is 3. The van der Waals surface area contributed by atoms with Gasteiger partial charge < -0.3 is 5.11 Å². The lowest BCUT2D eigenvalue weighted by atomic mass is 10.0. The normalized spacial score (nSPS) is 12.7. The van der Waals surface area contributed by atoms with Crippen LogP contribution in [0.5, 0.6) is 0 Å². The van der Waals surface area contributed by atoms with Crippen LogP contribution in [0, 0.1) is 11.6 Å². The number of aliphatic hydroxyl groups excluding tert-OH is 1. The van der Waals surface area contributed by atoms with Crippen molar-refractivity contribution in [3.63, 3.8) is 0 Å². The van der Waals surface area contributed by atoms with Crippen molar-refractivity contribution in [1.29, 1.82) is 0 Å². The SMILES string of the molecule is CCc1nn(C)c(CC(O)Cc2cccc(F)c2F)c1Cl. The van der Waals surface area contributed by atoms with Gasteiger partial charge in [0.05, 0.1) is 22.5 Å². The first-order valence-corrected chi connectivity index (χ1v) is 7.13. The van der Waals surface area contributed by atoms with Crippen LogP contribution < -0.4 is 0 Å². The summed E-state index contributed by atoms with van der Waals surface area (Å²) in [5, 5.41) is 14.9. The van der Waals surface area contributed by atoms with Crippen LogP contribution in [-0.2, 0) is 26.3 Å². The van der Waals surface area contributed by atoms with Gasteiger partial charge in [0.2, 0.25) is 0 Å². The molecule has 6 heteroatoms. The third kappa shape index (κ3) is 3.41. The number of nitrogens with zero attached hydrogens (tertiary/aromatic N) is 2. The number of aromatic nitrogens is 2. The molecule has 0 radical (unpaired) electrons. The van der Waals surface area contributed by atoms with Crippen LogP contribution >= 0.6 is 11.6 Å². The Balaban J connectivity index is 2.14. The molecule has 1 aromatic carbocycles. The van der Waals surface area contributed by atoms with E-state index in [1.165, 1.54) is 12.1 Å². The van der Waals surface area contributed by atoms with Gasteiger partial charge in [-0.25, -0.2) is 8.78 Å². The van der Waals surface area contributed by atoms with E-state index in [9.17, 15) is 13.9 Å². The maximum atomic E-state index is 13.6. The Hall–Kier alpha value is -1.46. The molecular weight excluding hydrogens is 298 g/mol. The van der Waals surface area contributed by atoms with Crippen molar-refractivity contribution in [2.75, 3.05) is 0 Å². The van der Waals surface area contributed by atoms with E-state index in [-0.39, 0.29) is 18.4 Å². The van der Waals surface area contributed by atoms with Gasteiger partial charge in [-0.05, 0) is 18.1 Å². The van der Waals surface area contributed by atoms with E-state index in [4.69, 9.17) is 11.6 Å². The van der Waals surface area contributed by atoms with Crippen LogP contribution in [0.1, 0.15) is 23.9 Å². The minimum atomic E-state index is -0.915. The average Bonchev–Trinajstić information content (AvgIpc) is 2.71. The molecule has 1 atom stereocenters. The van der Waals surface area contributed by atoms with Crippen LogP contribution in [0.2, 0.25) is 5.02 Å². The molecule has 1 heterocycles. The van der Waals surface area contributed by atoms with Gasteiger partial charge in [0.15, 0.2) is 11.6 Å². The smallest absolute Gasteiger partial charge is 0.162 e. The number of hydrogen-bond acceptors (Lipinski definition) is 2. The van der Waals surface area contributed by atoms with Crippen LogP contribution in [0.25, 0.3) is 0 Å². The quantitative estimate of drug-likeness (QED) is 0.921. The Morgan fingerprint density at radius 3 is 2.67 bits per heavy atom. The topological polar surface area (TPSA) is 38.0 Å². The molecular formula is C15H17ClF2N2O. The van der Waals surface area contributed by atoms with Gasteiger partial charge in [-0.15, -0.1) is 0 Å². The van der Waals surface area contributed by atoms with Crippen molar-refractivity contribution in [2.24, 2.45) is 7.05 Å². The number of aliphatic hydroxyl groups is 1. The van der Waals surface area contributed by atoms with Crippen LogP contribution in [0.3, 0.4) is 0 Å². The summed E-state index contributed by atoms with van der Waals surface area (Å²) in [6.07, 6.45) is 0.0884. The van der Waals surface area contributed by atoms with Gasteiger partial charge in [-0.1, -0.05) is 30.7 Å². The molecule has 0 amide bonds. The Bertz CT molecular complexity index is 643. The molecule has 0 aliphatic heterocycles. The Morgan fingerprint density at radius 1 is 1.33 bits per heavy atom. The van der Waals surface area contributed by atoms with E-state index in [1.807, 2.05) is 6.92 Å². The van der Waals surface area contributed by atoms with E-state index >= 15 is 0 Å². The van der Waals surface area contributed by atoms with E-state index in [2.05, 4.69) is 5.10 Å². The van der Waals surface area contributed by atoms with Crippen molar-refractivity contribution in [3.8, 4) is 0 Å². The molecule has 0 saturated heterocycles. The van der Waals surface area contributed by atoms with Gasteiger partial charge in [-0.3, -0.25) is 4.68 Å². The number of rotatable bonds is 5. The molecule has 114 valence electrons. The lowest BCUT2D eigenvalue weighted by molar-refractivity contribution is 0.171. The monoisotopic (exact) mass is 314 g/mol. The van der Waals surface area contributed by atoms with Crippen molar-refractivity contribution < 1.29 is 13.9 Å². The zero-order chi connectivity index (χ0) is 15.6. The third-order valence-electron chi connectivity index (χ3n) is 3.42. The van der Waals surface area contributed by atoms with Gasteiger partial charge in [0, 0.05) is 19.9 Å². The first-order valence-electron chi connectivity index (χ1n) is 6.75. The molecule has 2 rings (SSSR count). The van der Waals surface area contributed by atoms with Crippen LogP contribution in [-0.4, -0.2) is 21.0 Å². The Morgan fingerprint density at radius 2 is 2.05 bits per heavy atom. The second-order valence-corrected chi connectivity index (χ2v) is 5.34. The standard InChI is InChI=1S/C15H17ClF2N2O/c1-3-12-14(16)13(20(2)19-12)8-10(21)7-9-5-4-6-11(17)15(9)18/h4-6,10,21H,3,7-8H2,1-2H3. The summed E-state index contributed by atoms with van der Waals surface area (Å²) < 4.78 is 28.3. The van der Waals surface area contributed by atoms with Crippen molar-refractivity contribution in [3.05, 3.63) is 51.8 Å². The largest absolute Gasteiger partial charge is 0.392 e. The summed E-state index contributed by atoms with van der Waals surface area (Å²) in [4.78, 5) is 0. The second kappa shape index (κ2) is 6.54. The molecule has 21 heavy (non-hydrogen) atoms. The maximum Gasteiger partial charge on any atom is 0.162 e. The summed E-state index contributed by atoms with van der Waals surface area (Å²) in [5.74, 6) is -1.83. The minimum absolute atomic E-state index is 0.0204. The molecule has 2 aromatic rings. The predicted molar refractivity (Wildman–Crippen MR) is 77.4 cm³/mol. The fraction of sp³-hybridized carbons (Fsp3) is 0.400. The summed E-state index contributed by atoms with van der Waals surface area (Å²) in [6.45, 7) is 1.94. The average molecular weight is 315 g/mol. The third-order valence-corrected chi connectivity index (χ3v) is 3.86. The van der Waals surface area contributed by atoms with E-state index in [0.29, 0.717) is 17.1 Å².